The Balaban J connectivity index is 2.24. The van der Waals surface area contributed by atoms with Crippen molar-refractivity contribution in [1.82, 2.24) is 4.90 Å². The zero-order valence-corrected chi connectivity index (χ0v) is 9.94. The fraction of sp³-hybridized carbons (Fsp3) is 0.600. The number of nitrogens with two attached hydrogens (primary N) is 1. The van der Waals surface area contributed by atoms with Crippen LogP contribution in [0.4, 0.5) is 5.00 Å². The van der Waals surface area contributed by atoms with Gasteiger partial charge < -0.3 is 5.73 Å². The van der Waals surface area contributed by atoms with Gasteiger partial charge in [0.25, 0.3) is 0 Å². The van der Waals surface area contributed by atoms with Crippen LogP contribution >= 0.6 is 11.3 Å². The second kappa shape index (κ2) is 4.48. The Morgan fingerprint density at radius 2 is 2.44 bits per heavy atom. The molecule has 1 fully saturated rings. The summed E-state index contributed by atoms with van der Waals surface area (Å²) in [7, 11) is 0. The van der Waals surface area contributed by atoms with Crippen LogP contribution in [-0.4, -0.2) is 29.0 Å². The standard InChI is InChI=1S/C10H15N3O2S/c1-2-12-6-5-7(11)10(12)8-3-4-9(16-8)13(14)15/h3-4,7,10H,2,5-6,11H2,1H3. The lowest BCUT2D eigenvalue weighted by molar-refractivity contribution is -0.380. The number of hydrogen-bond acceptors (Lipinski definition) is 5. The quantitative estimate of drug-likeness (QED) is 0.646. The first-order valence-corrected chi connectivity index (χ1v) is 6.19. The molecule has 6 heteroatoms. The number of hydrogen-bond donors (Lipinski definition) is 1. The maximum atomic E-state index is 10.6. The number of thiophene rings is 1. The molecule has 0 radical (unpaired) electrons. The average Bonchev–Trinajstić information content (AvgIpc) is 2.83. The van der Waals surface area contributed by atoms with E-state index in [0.29, 0.717) is 0 Å². The van der Waals surface area contributed by atoms with Gasteiger partial charge in [0.2, 0.25) is 0 Å². The summed E-state index contributed by atoms with van der Waals surface area (Å²) in [5, 5.41) is 10.8. The van der Waals surface area contributed by atoms with Crippen LogP contribution < -0.4 is 5.73 Å². The number of nitrogens with zero attached hydrogens (tertiary/aromatic N) is 2. The number of likely N-dealkylation sites (N-methyl/N-ethyl adjacent to an activating group) is 1. The van der Waals surface area contributed by atoms with Crippen LogP contribution in [0.1, 0.15) is 24.3 Å². The first-order valence-electron chi connectivity index (χ1n) is 5.37. The summed E-state index contributed by atoms with van der Waals surface area (Å²) >= 11 is 1.24. The molecule has 2 rings (SSSR count). The monoisotopic (exact) mass is 241 g/mol. The molecule has 0 saturated carbocycles. The molecule has 1 aliphatic heterocycles. The SMILES string of the molecule is CCN1CCC(N)C1c1ccc([N+](=O)[O-])s1. The molecule has 88 valence electrons. The zero-order chi connectivity index (χ0) is 11.7. The van der Waals surface area contributed by atoms with Crippen molar-refractivity contribution in [2.75, 3.05) is 13.1 Å². The van der Waals surface area contributed by atoms with Crippen molar-refractivity contribution in [3.63, 3.8) is 0 Å². The van der Waals surface area contributed by atoms with Crippen LogP contribution in [0.3, 0.4) is 0 Å². The average molecular weight is 241 g/mol. The van der Waals surface area contributed by atoms with Crippen LogP contribution in [0.25, 0.3) is 0 Å². The summed E-state index contributed by atoms with van der Waals surface area (Å²) in [5.41, 5.74) is 6.06. The summed E-state index contributed by atoms with van der Waals surface area (Å²) in [6.07, 6.45) is 0.963. The topological polar surface area (TPSA) is 72.4 Å². The highest BCUT2D eigenvalue weighted by molar-refractivity contribution is 7.15. The van der Waals surface area contributed by atoms with Gasteiger partial charge in [-0.1, -0.05) is 18.3 Å². The molecule has 0 bridgehead atoms. The van der Waals surface area contributed by atoms with Gasteiger partial charge in [0, 0.05) is 23.5 Å². The molecular formula is C10H15N3O2S. The summed E-state index contributed by atoms with van der Waals surface area (Å²) < 4.78 is 0. The van der Waals surface area contributed by atoms with E-state index in [1.54, 1.807) is 6.07 Å². The summed E-state index contributed by atoms with van der Waals surface area (Å²) in [4.78, 5) is 13.6. The fourth-order valence-electron chi connectivity index (χ4n) is 2.23. The van der Waals surface area contributed by atoms with Crippen LogP contribution in [-0.2, 0) is 0 Å². The fourth-order valence-corrected chi connectivity index (χ4v) is 3.26. The van der Waals surface area contributed by atoms with E-state index in [2.05, 4.69) is 11.8 Å². The molecule has 5 nitrogen and oxygen atoms in total. The third kappa shape index (κ3) is 1.95. The van der Waals surface area contributed by atoms with Crippen LogP contribution in [0.5, 0.6) is 0 Å². The maximum Gasteiger partial charge on any atom is 0.324 e. The van der Waals surface area contributed by atoms with Gasteiger partial charge in [-0.2, -0.15) is 0 Å². The van der Waals surface area contributed by atoms with Gasteiger partial charge in [-0.25, -0.2) is 0 Å². The predicted molar refractivity (Wildman–Crippen MR) is 63.6 cm³/mol. The van der Waals surface area contributed by atoms with E-state index in [1.807, 2.05) is 6.07 Å². The third-order valence-corrected chi connectivity index (χ3v) is 4.15. The molecule has 2 atom stereocenters. The maximum absolute atomic E-state index is 10.6. The normalized spacial score (nSPS) is 26.1. The number of likely N-dealkylation sites (tertiary alicyclic amines) is 1. The molecule has 0 spiro atoms. The lowest BCUT2D eigenvalue weighted by atomic mass is 10.1. The largest absolute Gasteiger partial charge is 0.326 e. The summed E-state index contributed by atoms with van der Waals surface area (Å²) in [5.74, 6) is 0. The Labute approximate surface area is 98.0 Å². The van der Waals surface area contributed by atoms with Gasteiger partial charge in [-0.15, -0.1) is 0 Å². The minimum absolute atomic E-state index is 0.0956. The Hall–Kier alpha value is -0.980. The van der Waals surface area contributed by atoms with Crippen LogP contribution in [0.15, 0.2) is 12.1 Å². The molecule has 0 amide bonds. The summed E-state index contributed by atoms with van der Waals surface area (Å²) in [6, 6.07) is 3.65. The van der Waals surface area contributed by atoms with Gasteiger partial charge in [0.1, 0.15) is 0 Å². The molecule has 2 unspecified atom stereocenters. The molecule has 1 saturated heterocycles. The predicted octanol–water partition coefficient (Wildman–Crippen LogP) is 1.75. The van der Waals surface area contributed by atoms with Crippen molar-refractivity contribution in [3.8, 4) is 0 Å². The van der Waals surface area contributed by atoms with Gasteiger partial charge in [0.15, 0.2) is 0 Å². The molecule has 2 N–H and O–H groups in total. The lowest BCUT2D eigenvalue weighted by Gasteiger charge is -2.23. The third-order valence-electron chi connectivity index (χ3n) is 3.04. The van der Waals surface area contributed by atoms with Gasteiger partial charge in [0.05, 0.1) is 11.0 Å². The number of rotatable bonds is 3. The van der Waals surface area contributed by atoms with Gasteiger partial charge >= 0.3 is 5.00 Å². The van der Waals surface area contributed by atoms with Crippen molar-refractivity contribution in [1.29, 1.82) is 0 Å². The minimum atomic E-state index is -0.342. The highest BCUT2D eigenvalue weighted by Gasteiger charge is 2.33. The van der Waals surface area contributed by atoms with E-state index < -0.39 is 0 Å². The molecule has 1 aliphatic rings. The molecule has 0 aliphatic carbocycles. The Kier molecular flexibility index (Phi) is 3.22. The molecule has 2 heterocycles. The molecule has 16 heavy (non-hydrogen) atoms. The van der Waals surface area contributed by atoms with Crippen molar-refractivity contribution < 1.29 is 4.92 Å². The van der Waals surface area contributed by atoms with Crippen molar-refractivity contribution in [3.05, 3.63) is 27.1 Å². The molecule has 1 aromatic rings. The van der Waals surface area contributed by atoms with E-state index in [1.165, 1.54) is 11.3 Å². The van der Waals surface area contributed by atoms with E-state index in [0.717, 1.165) is 24.4 Å². The lowest BCUT2D eigenvalue weighted by Crippen LogP contribution is -2.30. The smallest absolute Gasteiger partial charge is 0.324 e. The first kappa shape index (κ1) is 11.5. The van der Waals surface area contributed by atoms with Crippen LogP contribution in [0, 0.1) is 10.1 Å². The Bertz CT molecular complexity index is 393. The van der Waals surface area contributed by atoms with Crippen molar-refractivity contribution >= 4 is 16.3 Å². The first-order chi connectivity index (χ1) is 7.63. The van der Waals surface area contributed by atoms with Gasteiger partial charge in [-0.3, -0.25) is 15.0 Å². The summed E-state index contributed by atoms with van der Waals surface area (Å²) in [6.45, 7) is 4.01. The number of nitro groups is 1. The Morgan fingerprint density at radius 3 is 3.00 bits per heavy atom. The van der Waals surface area contributed by atoms with Crippen molar-refractivity contribution in [2.24, 2.45) is 5.73 Å². The Morgan fingerprint density at radius 1 is 1.69 bits per heavy atom. The molecular weight excluding hydrogens is 226 g/mol. The minimum Gasteiger partial charge on any atom is -0.326 e. The van der Waals surface area contributed by atoms with E-state index in [-0.39, 0.29) is 22.0 Å². The zero-order valence-electron chi connectivity index (χ0n) is 9.13. The second-order valence-corrected chi connectivity index (χ2v) is 5.05. The van der Waals surface area contributed by atoms with Crippen molar-refractivity contribution in [2.45, 2.75) is 25.4 Å². The molecule has 1 aromatic heterocycles. The van der Waals surface area contributed by atoms with Crippen LogP contribution in [0.2, 0.25) is 0 Å². The van der Waals surface area contributed by atoms with Gasteiger partial charge in [-0.05, 0) is 19.0 Å². The highest BCUT2D eigenvalue weighted by Crippen LogP contribution is 2.37. The second-order valence-electron chi connectivity index (χ2n) is 3.96. The van der Waals surface area contributed by atoms with E-state index in [9.17, 15) is 10.1 Å². The highest BCUT2D eigenvalue weighted by atomic mass is 32.1. The van der Waals surface area contributed by atoms with E-state index >= 15 is 0 Å². The molecule has 0 aromatic carbocycles. The van der Waals surface area contributed by atoms with E-state index in [4.69, 9.17) is 5.73 Å².